The fourth-order valence-corrected chi connectivity index (χ4v) is 2.80. The highest BCUT2D eigenvalue weighted by atomic mass is 16.5. The lowest BCUT2D eigenvalue weighted by Crippen LogP contribution is -2.38. The van der Waals surface area contributed by atoms with E-state index >= 15 is 0 Å². The summed E-state index contributed by atoms with van der Waals surface area (Å²) in [5, 5.41) is 7.40. The molecular formula is C21H28N6O. The van der Waals surface area contributed by atoms with E-state index in [4.69, 9.17) is 4.52 Å². The number of hydrogen-bond donors (Lipinski definition) is 2. The van der Waals surface area contributed by atoms with Gasteiger partial charge in [-0.15, -0.1) is 0 Å². The molecule has 0 fully saturated rings. The summed E-state index contributed by atoms with van der Waals surface area (Å²) >= 11 is 0. The van der Waals surface area contributed by atoms with Crippen LogP contribution in [0.3, 0.4) is 0 Å². The summed E-state index contributed by atoms with van der Waals surface area (Å²) < 4.78 is 5.38. The second kappa shape index (κ2) is 9.21. The van der Waals surface area contributed by atoms with Crippen LogP contribution in [0.25, 0.3) is 11.3 Å². The van der Waals surface area contributed by atoms with Gasteiger partial charge in [-0.2, -0.15) is 0 Å². The summed E-state index contributed by atoms with van der Waals surface area (Å²) in [4.78, 5) is 14.6. The summed E-state index contributed by atoms with van der Waals surface area (Å²) in [5.41, 5.74) is 3.08. The zero-order chi connectivity index (χ0) is 19.9. The standard InChI is InChI=1S/C21H28N6O/c1-5-22-21(24-12-17-11-18(15(2)3)26-28-17)27(4)14-20-23-13-19(25-20)16-9-7-6-8-10-16/h6-11,13,15H,5,12,14H2,1-4H3,(H,22,24)(H,23,25). The Morgan fingerprint density at radius 1 is 1.29 bits per heavy atom. The van der Waals surface area contributed by atoms with Crippen molar-refractivity contribution in [2.45, 2.75) is 39.8 Å². The number of nitrogens with zero attached hydrogens (tertiary/aromatic N) is 4. The van der Waals surface area contributed by atoms with Crippen molar-refractivity contribution >= 4 is 5.96 Å². The molecule has 0 spiro atoms. The molecule has 148 valence electrons. The van der Waals surface area contributed by atoms with Crippen LogP contribution in [0.4, 0.5) is 0 Å². The molecule has 7 nitrogen and oxygen atoms in total. The highest BCUT2D eigenvalue weighted by Crippen LogP contribution is 2.17. The Hall–Kier alpha value is -3.09. The van der Waals surface area contributed by atoms with Crippen molar-refractivity contribution in [3.05, 3.63) is 59.9 Å². The number of guanidine groups is 1. The Bertz CT molecular complexity index is 897. The third-order valence-electron chi connectivity index (χ3n) is 4.35. The fourth-order valence-electron chi connectivity index (χ4n) is 2.80. The monoisotopic (exact) mass is 380 g/mol. The van der Waals surface area contributed by atoms with Crippen molar-refractivity contribution in [2.24, 2.45) is 4.99 Å². The van der Waals surface area contributed by atoms with E-state index in [-0.39, 0.29) is 0 Å². The highest BCUT2D eigenvalue weighted by Gasteiger charge is 2.11. The molecule has 2 N–H and O–H groups in total. The minimum Gasteiger partial charge on any atom is -0.359 e. The Kier molecular flexibility index (Phi) is 6.47. The second-order valence-corrected chi connectivity index (χ2v) is 7.01. The molecule has 2 heterocycles. The van der Waals surface area contributed by atoms with Gasteiger partial charge in [0.25, 0.3) is 0 Å². The molecule has 0 radical (unpaired) electrons. The SMILES string of the molecule is CCNC(=NCc1cc(C(C)C)no1)N(C)Cc1ncc(-c2ccccc2)[nH]1. The van der Waals surface area contributed by atoms with Gasteiger partial charge >= 0.3 is 0 Å². The lowest BCUT2D eigenvalue weighted by Gasteiger charge is -2.20. The molecule has 3 aromatic rings. The molecule has 0 saturated carbocycles. The first-order valence-corrected chi connectivity index (χ1v) is 9.61. The smallest absolute Gasteiger partial charge is 0.194 e. The predicted octanol–water partition coefficient (Wildman–Crippen LogP) is 3.79. The zero-order valence-corrected chi connectivity index (χ0v) is 16.9. The number of nitrogens with one attached hydrogen (secondary N) is 2. The van der Waals surface area contributed by atoms with E-state index in [9.17, 15) is 0 Å². The van der Waals surface area contributed by atoms with Crippen LogP contribution in [0.15, 0.2) is 52.1 Å². The first-order chi connectivity index (χ1) is 13.6. The van der Waals surface area contributed by atoms with Crippen LogP contribution in [-0.4, -0.2) is 39.6 Å². The highest BCUT2D eigenvalue weighted by molar-refractivity contribution is 5.79. The van der Waals surface area contributed by atoms with E-state index in [1.807, 2.05) is 42.4 Å². The minimum absolute atomic E-state index is 0.343. The fraction of sp³-hybridized carbons (Fsp3) is 0.381. The third-order valence-corrected chi connectivity index (χ3v) is 4.35. The lowest BCUT2D eigenvalue weighted by molar-refractivity contribution is 0.375. The van der Waals surface area contributed by atoms with Gasteiger partial charge in [-0.1, -0.05) is 49.3 Å². The molecule has 7 heteroatoms. The van der Waals surface area contributed by atoms with E-state index in [0.29, 0.717) is 19.0 Å². The van der Waals surface area contributed by atoms with Crippen molar-refractivity contribution in [1.29, 1.82) is 0 Å². The van der Waals surface area contributed by atoms with Gasteiger partial charge in [-0.05, 0) is 18.4 Å². The number of aromatic nitrogens is 3. The van der Waals surface area contributed by atoms with E-state index in [2.05, 4.69) is 58.3 Å². The molecule has 2 aromatic heterocycles. The summed E-state index contributed by atoms with van der Waals surface area (Å²) in [6.07, 6.45) is 1.87. The summed E-state index contributed by atoms with van der Waals surface area (Å²) in [7, 11) is 1.99. The van der Waals surface area contributed by atoms with Crippen molar-refractivity contribution < 1.29 is 4.52 Å². The van der Waals surface area contributed by atoms with Crippen molar-refractivity contribution in [3.63, 3.8) is 0 Å². The largest absolute Gasteiger partial charge is 0.359 e. The average Bonchev–Trinajstić information content (AvgIpc) is 3.35. The molecule has 28 heavy (non-hydrogen) atoms. The van der Waals surface area contributed by atoms with Crippen molar-refractivity contribution in [1.82, 2.24) is 25.3 Å². The van der Waals surface area contributed by atoms with E-state index < -0.39 is 0 Å². The normalized spacial score (nSPS) is 11.8. The van der Waals surface area contributed by atoms with Gasteiger partial charge in [0.15, 0.2) is 11.7 Å². The molecule has 0 aliphatic carbocycles. The summed E-state index contributed by atoms with van der Waals surface area (Å²) in [6, 6.07) is 12.1. The maximum Gasteiger partial charge on any atom is 0.194 e. The number of aromatic amines is 1. The molecule has 0 saturated heterocycles. The molecule has 3 rings (SSSR count). The van der Waals surface area contributed by atoms with E-state index in [1.54, 1.807) is 0 Å². The lowest BCUT2D eigenvalue weighted by atomic mass is 10.1. The maximum atomic E-state index is 5.38. The number of hydrogen-bond acceptors (Lipinski definition) is 4. The first kappa shape index (κ1) is 19.7. The molecule has 0 amide bonds. The van der Waals surface area contributed by atoms with Gasteiger partial charge in [-0.25, -0.2) is 9.98 Å². The summed E-state index contributed by atoms with van der Waals surface area (Å²) in [6.45, 7) is 8.08. The molecule has 0 aliphatic rings. The topological polar surface area (TPSA) is 82.3 Å². The maximum absolute atomic E-state index is 5.38. The van der Waals surface area contributed by atoms with Crippen LogP contribution < -0.4 is 5.32 Å². The van der Waals surface area contributed by atoms with Gasteiger partial charge in [-0.3, -0.25) is 0 Å². The molecule has 0 bridgehead atoms. The van der Waals surface area contributed by atoms with E-state index in [0.717, 1.165) is 41.0 Å². The molecule has 1 aromatic carbocycles. The second-order valence-electron chi connectivity index (χ2n) is 7.01. The summed E-state index contributed by atoms with van der Waals surface area (Å²) in [5.74, 6) is 2.78. The zero-order valence-electron chi connectivity index (χ0n) is 16.9. The van der Waals surface area contributed by atoms with Gasteiger partial charge in [0, 0.05) is 19.7 Å². The molecule has 0 unspecified atom stereocenters. The third kappa shape index (κ3) is 5.00. The molecule has 0 atom stereocenters. The predicted molar refractivity (Wildman–Crippen MR) is 111 cm³/mol. The van der Waals surface area contributed by atoms with Gasteiger partial charge < -0.3 is 19.7 Å². The molecular weight excluding hydrogens is 352 g/mol. The number of imidazole rings is 1. The quantitative estimate of drug-likeness (QED) is 0.481. The van der Waals surface area contributed by atoms with Crippen LogP contribution in [0, 0.1) is 0 Å². The average molecular weight is 380 g/mol. The van der Waals surface area contributed by atoms with Crippen LogP contribution >= 0.6 is 0 Å². The number of benzene rings is 1. The Labute approximate surface area is 165 Å². The first-order valence-electron chi connectivity index (χ1n) is 9.61. The van der Waals surface area contributed by atoms with Crippen molar-refractivity contribution in [2.75, 3.05) is 13.6 Å². The Morgan fingerprint density at radius 3 is 2.75 bits per heavy atom. The van der Waals surface area contributed by atoms with Crippen LogP contribution in [0.2, 0.25) is 0 Å². The van der Waals surface area contributed by atoms with Crippen molar-refractivity contribution in [3.8, 4) is 11.3 Å². The van der Waals surface area contributed by atoms with Gasteiger partial charge in [0.05, 0.1) is 24.1 Å². The van der Waals surface area contributed by atoms with Gasteiger partial charge in [0.2, 0.25) is 0 Å². The Morgan fingerprint density at radius 2 is 2.07 bits per heavy atom. The number of H-pyrrole nitrogens is 1. The van der Waals surface area contributed by atoms with E-state index in [1.165, 1.54) is 0 Å². The van der Waals surface area contributed by atoms with Gasteiger partial charge in [0.1, 0.15) is 12.4 Å². The van der Waals surface area contributed by atoms with Crippen LogP contribution in [0.5, 0.6) is 0 Å². The number of rotatable bonds is 7. The minimum atomic E-state index is 0.343. The van der Waals surface area contributed by atoms with Crippen LogP contribution in [0.1, 0.15) is 44.0 Å². The molecule has 0 aliphatic heterocycles. The van der Waals surface area contributed by atoms with Crippen LogP contribution in [-0.2, 0) is 13.1 Å². The Balaban J connectivity index is 1.67. The number of aliphatic imine (C=N–C) groups is 1.